The van der Waals surface area contributed by atoms with E-state index in [1.807, 2.05) is 12.1 Å². The van der Waals surface area contributed by atoms with Crippen LogP contribution in [0, 0.1) is 11.7 Å². The number of rotatable bonds is 7. The Hall–Kier alpha value is -0.890. The Labute approximate surface area is 180 Å². The quantitative estimate of drug-likeness (QED) is 0.349. The molecule has 27 heavy (non-hydrogen) atoms. The van der Waals surface area contributed by atoms with Gasteiger partial charge in [-0.15, -0.1) is 24.0 Å². The van der Waals surface area contributed by atoms with Gasteiger partial charge < -0.3 is 15.5 Å². The maximum absolute atomic E-state index is 14.1. The van der Waals surface area contributed by atoms with Gasteiger partial charge in [-0.3, -0.25) is 4.99 Å². The summed E-state index contributed by atoms with van der Waals surface area (Å²) in [5, 5.41) is 6.86. The second kappa shape index (κ2) is 10.6. The van der Waals surface area contributed by atoms with Crippen LogP contribution in [0.4, 0.5) is 4.39 Å². The molecule has 2 N–H and O–H groups in total. The van der Waals surface area contributed by atoms with Crippen LogP contribution in [0.2, 0.25) is 0 Å². The Morgan fingerprint density at radius 1 is 1.22 bits per heavy atom. The van der Waals surface area contributed by atoms with Crippen molar-refractivity contribution in [1.82, 2.24) is 15.5 Å². The van der Waals surface area contributed by atoms with Gasteiger partial charge in [-0.05, 0) is 69.3 Å². The number of nitrogens with one attached hydrogen (secondary N) is 2. The zero-order valence-corrected chi connectivity index (χ0v) is 19.0. The molecular formula is C21H34FIN4. The molecule has 1 aliphatic carbocycles. The topological polar surface area (TPSA) is 39.7 Å². The van der Waals surface area contributed by atoms with Crippen molar-refractivity contribution in [2.45, 2.75) is 44.4 Å². The monoisotopic (exact) mass is 488 g/mol. The molecule has 0 spiro atoms. The minimum Gasteiger partial charge on any atom is -0.356 e. The largest absolute Gasteiger partial charge is 0.356 e. The van der Waals surface area contributed by atoms with Gasteiger partial charge in [-0.25, -0.2) is 4.39 Å². The number of hydrogen-bond donors (Lipinski definition) is 2. The van der Waals surface area contributed by atoms with E-state index in [4.69, 9.17) is 0 Å². The molecule has 0 radical (unpaired) electrons. The van der Waals surface area contributed by atoms with E-state index in [9.17, 15) is 4.39 Å². The van der Waals surface area contributed by atoms with Gasteiger partial charge in [0, 0.05) is 25.6 Å². The molecule has 3 rings (SSSR count). The second-order valence-corrected chi connectivity index (χ2v) is 7.78. The summed E-state index contributed by atoms with van der Waals surface area (Å²) < 4.78 is 14.1. The highest BCUT2D eigenvalue weighted by Gasteiger charge is 2.45. The van der Waals surface area contributed by atoms with Gasteiger partial charge in [0.05, 0.1) is 0 Å². The molecule has 1 aromatic rings. The summed E-state index contributed by atoms with van der Waals surface area (Å²) in [4.78, 5) is 6.87. The number of halogens is 2. The normalized spacial score (nSPS) is 20.0. The molecule has 1 aliphatic heterocycles. The van der Waals surface area contributed by atoms with E-state index in [2.05, 4.69) is 27.4 Å². The van der Waals surface area contributed by atoms with Crippen LogP contribution in [0.3, 0.4) is 0 Å². The second-order valence-electron chi connectivity index (χ2n) is 7.78. The summed E-state index contributed by atoms with van der Waals surface area (Å²) in [5.41, 5.74) is 0.779. The Morgan fingerprint density at radius 2 is 1.93 bits per heavy atom. The van der Waals surface area contributed by atoms with E-state index in [1.54, 1.807) is 19.2 Å². The predicted octanol–water partition coefficient (Wildman–Crippen LogP) is 3.76. The molecule has 0 atom stereocenters. The van der Waals surface area contributed by atoms with Crippen molar-refractivity contribution in [3.8, 4) is 0 Å². The molecule has 2 fully saturated rings. The summed E-state index contributed by atoms with van der Waals surface area (Å²) in [7, 11) is 1.80. The molecule has 152 valence electrons. The first-order valence-electron chi connectivity index (χ1n) is 10.1. The molecule has 4 nitrogen and oxygen atoms in total. The van der Waals surface area contributed by atoms with Crippen LogP contribution in [-0.2, 0) is 5.41 Å². The Balaban J connectivity index is 0.00000261. The Bertz CT molecular complexity index is 610. The van der Waals surface area contributed by atoms with Gasteiger partial charge in [0.15, 0.2) is 5.96 Å². The minimum absolute atomic E-state index is 0. The number of benzene rings is 1. The zero-order valence-electron chi connectivity index (χ0n) is 16.6. The highest BCUT2D eigenvalue weighted by Crippen LogP contribution is 2.48. The van der Waals surface area contributed by atoms with E-state index in [1.165, 1.54) is 38.9 Å². The van der Waals surface area contributed by atoms with Gasteiger partial charge in [-0.2, -0.15) is 0 Å². The number of likely N-dealkylation sites (tertiary alicyclic amines) is 1. The van der Waals surface area contributed by atoms with E-state index in [-0.39, 0.29) is 35.2 Å². The number of nitrogens with zero attached hydrogens (tertiary/aromatic N) is 2. The van der Waals surface area contributed by atoms with Crippen molar-refractivity contribution in [1.29, 1.82) is 0 Å². The average molecular weight is 488 g/mol. The number of hydrogen-bond acceptors (Lipinski definition) is 2. The third kappa shape index (κ3) is 6.04. The maximum Gasteiger partial charge on any atom is 0.191 e. The van der Waals surface area contributed by atoms with Crippen molar-refractivity contribution in [3.63, 3.8) is 0 Å². The standard InChI is InChI=1S/C21H33FN4.HI/c1-3-26-14-9-17(10-15-26)8-13-24-20(23-2)25-16-21(11-12-21)18-6-4-5-7-19(18)22;/h4-7,17H,3,8-16H2,1-2H3,(H2,23,24,25);1H. The summed E-state index contributed by atoms with van der Waals surface area (Å²) in [5.74, 6) is 1.56. The minimum atomic E-state index is -0.0897. The van der Waals surface area contributed by atoms with Crippen molar-refractivity contribution in [3.05, 3.63) is 35.6 Å². The molecule has 1 aromatic carbocycles. The van der Waals surface area contributed by atoms with Crippen molar-refractivity contribution >= 4 is 29.9 Å². The molecule has 6 heteroatoms. The Kier molecular flexibility index (Phi) is 8.79. The SMILES string of the molecule is CCN1CCC(CCNC(=NC)NCC2(c3ccccc3F)CC2)CC1.I. The molecule has 1 saturated carbocycles. The molecule has 0 bridgehead atoms. The summed E-state index contributed by atoms with van der Waals surface area (Å²) in [6.45, 7) is 7.57. The van der Waals surface area contributed by atoms with Gasteiger partial charge in [-0.1, -0.05) is 25.1 Å². The molecule has 0 unspecified atom stereocenters. The molecule has 0 amide bonds. The maximum atomic E-state index is 14.1. The van der Waals surface area contributed by atoms with Crippen LogP contribution < -0.4 is 10.6 Å². The summed E-state index contributed by atoms with van der Waals surface area (Å²) >= 11 is 0. The van der Waals surface area contributed by atoms with Crippen molar-refractivity contribution in [2.24, 2.45) is 10.9 Å². The van der Waals surface area contributed by atoms with Gasteiger partial charge in [0.2, 0.25) is 0 Å². The van der Waals surface area contributed by atoms with Gasteiger partial charge in [0.1, 0.15) is 5.82 Å². The first-order valence-corrected chi connectivity index (χ1v) is 10.1. The number of piperidine rings is 1. The fourth-order valence-corrected chi connectivity index (χ4v) is 4.04. The molecule has 1 saturated heterocycles. The predicted molar refractivity (Wildman–Crippen MR) is 122 cm³/mol. The lowest BCUT2D eigenvalue weighted by molar-refractivity contribution is 0.187. The fraction of sp³-hybridized carbons (Fsp3) is 0.667. The van der Waals surface area contributed by atoms with Crippen LogP contribution in [0.25, 0.3) is 0 Å². The number of aliphatic imine (C=N–C) groups is 1. The smallest absolute Gasteiger partial charge is 0.191 e. The van der Waals surface area contributed by atoms with Crippen LogP contribution in [-0.4, -0.2) is 50.6 Å². The van der Waals surface area contributed by atoms with Gasteiger partial charge >= 0.3 is 0 Å². The van der Waals surface area contributed by atoms with Crippen molar-refractivity contribution < 1.29 is 4.39 Å². The molecule has 0 aromatic heterocycles. The van der Waals surface area contributed by atoms with Crippen LogP contribution >= 0.6 is 24.0 Å². The average Bonchev–Trinajstić information content (AvgIpc) is 3.46. The Morgan fingerprint density at radius 3 is 2.52 bits per heavy atom. The fourth-order valence-electron chi connectivity index (χ4n) is 4.04. The molecule has 2 aliphatic rings. The summed E-state index contributed by atoms with van der Waals surface area (Å²) in [6, 6.07) is 7.17. The van der Waals surface area contributed by atoms with E-state index in [0.29, 0.717) is 0 Å². The highest BCUT2D eigenvalue weighted by atomic mass is 127. The van der Waals surface area contributed by atoms with Crippen molar-refractivity contribution in [2.75, 3.05) is 39.8 Å². The third-order valence-corrected chi connectivity index (χ3v) is 6.12. The van der Waals surface area contributed by atoms with Crippen LogP contribution in [0.1, 0.15) is 44.6 Å². The third-order valence-electron chi connectivity index (χ3n) is 6.12. The summed E-state index contributed by atoms with van der Waals surface area (Å²) in [6.07, 6.45) is 5.87. The molecular weight excluding hydrogens is 454 g/mol. The lowest BCUT2D eigenvalue weighted by Gasteiger charge is -2.31. The van der Waals surface area contributed by atoms with Gasteiger partial charge in [0.25, 0.3) is 0 Å². The van der Waals surface area contributed by atoms with E-state index >= 15 is 0 Å². The lowest BCUT2D eigenvalue weighted by Crippen LogP contribution is -2.42. The van der Waals surface area contributed by atoms with Crippen LogP contribution in [0.15, 0.2) is 29.3 Å². The first-order chi connectivity index (χ1) is 12.7. The van der Waals surface area contributed by atoms with Crippen LogP contribution in [0.5, 0.6) is 0 Å². The molecule has 1 heterocycles. The highest BCUT2D eigenvalue weighted by molar-refractivity contribution is 14.0. The van der Waals surface area contributed by atoms with E-state index in [0.717, 1.165) is 43.4 Å². The number of guanidine groups is 1. The first kappa shape index (κ1) is 22.4. The lowest BCUT2D eigenvalue weighted by atomic mass is 9.93. The zero-order chi connectivity index (χ0) is 18.4. The van der Waals surface area contributed by atoms with E-state index < -0.39 is 0 Å².